The Kier molecular flexibility index (Phi) is 7.73. The normalized spacial score (nSPS) is 15.5. The van der Waals surface area contributed by atoms with Crippen molar-refractivity contribution in [3.63, 3.8) is 0 Å². The number of hydrogen-bond acceptors (Lipinski definition) is 8. The third-order valence-electron chi connectivity index (χ3n) is 5.91. The van der Waals surface area contributed by atoms with Crippen molar-refractivity contribution in [2.75, 3.05) is 23.1 Å². The predicted molar refractivity (Wildman–Crippen MR) is 138 cm³/mol. The second-order valence-electron chi connectivity index (χ2n) is 8.55. The van der Waals surface area contributed by atoms with Gasteiger partial charge >= 0.3 is 0 Å². The highest BCUT2D eigenvalue weighted by Crippen LogP contribution is 2.24. The van der Waals surface area contributed by atoms with E-state index in [1.165, 1.54) is 52.8 Å². The topological polar surface area (TPSA) is 138 Å². The van der Waals surface area contributed by atoms with Crippen molar-refractivity contribution in [2.24, 2.45) is 5.92 Å². The number of nitrogens with one attached hydrogen (secondary N) is 2. The van der Waals surface area contributed by atoms with Gasteiger partial charge in [0.05, 0.1) is 9.79 Å². The monoisotopic (exact) mass is 549 g/mol. The fraction of sp³-hybridized carbons (Fsp3) is 0.348. The molecule has 0 spiro atoms. The number of rotatable bonds is 8. The molecule has 0 atom stereocenters. The Morgan fingerprint density at radius 2 is 1.58 bits per heavy atom. The van der Waals surface area contributed by atoms with E-state index < -0.39 is 26.0 Å². The average Bonchev–Trinajstić information content (AvgIpc) is 3.31. The minimum Gasteiger partial charge on any atom is -0.322 e. The van der Waals surface area contributed by atoms with Crippen LogP contribution in [-0.2, 0) is 26.5 Å². The van der Waals surface area contributed by atoms with Crippen molar-refractivity contribution in [1.29, 1.82) is 0 Å². The smallest absolute Gasteiger partial charge is 0.263 e. The van der Waals surface area contributed by atoms with E-state index in [0.29, 0.717) is 31.1 Å². The van der Waals surface area contributed by atoms with Gasteiger partial charge in [-0.3, -0.25) is 9.52 Å². The van der Waals surface area contributed by atoms with Crippen LogP contribution in [0.1, 0.15) is 42.1 Å². The molecule has 1 fully saturated rings. The number of piperidine rings is 1. The van der Waals surface area contributed by atoms with E-state index in [1.54, 1.807) is 0 Å². The number of carbonyl (C=O) groups excluding carboxylic acids is 1. The molecule has 1 amide bonds. The van der Waals surface area contributed by atoms with Crippen molar-refractivity contribution < 1.29 is 21.6 Å². The molecule has 0 bridgehead atoms. The standard InChI is InChI=1S/C23H27N5O5S3/c1-3-21-25-26-23(34-21)27-35(30,31)19-10-6-18(7-11-19)24-22(29)17-4-8-20(9-5-17)36(32,33)28-14-12-16(2)13-15-28/h4-11,16H,3,12-15H2,1-2H3,(H,24,29)(H,26,27). The molecule has 0 aliphatic carbocycles. The van der Waals surface area contributed by atoms with Crippen molar-refractivity contribution in [2.45, 2.75) is 42.9 Å². The molecule has 1 aliphatic heterocycles. The number of amides is 1. The van der Waals surface area contributed by atoms with Gasteiger partial charge in [0.2, 0.25) is 15.2 Å². The summed E-state index contributed by atoms with van der Waals surface area (Å²) in [7, 11) is -7.45. The second-order valence-corrected chi connectivity index (χ2v) is 13.2. The number of aryl methyl sites for hydroxylation is 1. The first-order chi connectivity index (χ1) is 17.1. The van der Waals surface area contributed by atoms with Crippen LogP contribution in [0.3, 0.4) is 0 Å². The van der Waals surface area contributed by atoms with Crippen LogP contribution in [0.2, 0.25) is 0 Å². The SMILES string of the molecule is CCc1nnc(NS(=O)(=O)c2ccc(NC(=O)c3ccc(S(=O)(=O)N4CCC(C)CC4)cc3)cc2)s1. The van der Waals surface area contributed by atoms with E-state index in [1.807, 2.05) is 6.92 Å². The summed E-state index contributed by atoms with van der Waals surface area (Å²) in [6.45, 7) is 5.00. The van der Waals surface area contributed by atoms with E-state index in [2.05, 4.69) is 27.2 Å². The fourth-order valence-corrected chi connectivity index (χ4v) is 7.06. The lowest BCUT2D eigenvalue weighted by atomic mass is 10.0. The minimum absolute atomic E-state index is 0.00964. The Hall–Kier alpha value is -2.87. The minimum atomic E-state index is -3.85. The molecule has 36 heavy (non-hydrogen) atoms. The van der Waals surface area contributed by atoms with E-state index in [-0.39, 0.29) is 20.5 Å². The van der Waals surface area contributed by atoms with Crippen molar-refractivity contribution in [1.82, 2.24) is 14.5 Å². The summed E-state index contributed by atoms with van der Waals surface area (Å²) in [5.41, 5.74) is 0.671. The molecule has 13 heteroatoms. The van der Waals surface area contributed by atoms with Gasteiger partial charge in [-0.05, 0) is 73.7 Å². The number of carbonyl (C=O) groups is 1. The second kappa shape index (κ2) is 10.6. The first kappa shape index (κ1) is 26.2. The molecule has 192 valence electrons. The maximum Gasteiger partial charge on any atom is 0.263 e. The number of benzene rings is 2. The van der Waals surface area contributed by atoms with Gasteiger partial charge in [-0.25, -0.2) is 16.8 Å². The first-order valence-corrected chi connectivity index (χ1v) is 15.2. The average molecular weight is 550 g/mol. The van der Waals surface area contributed by atoms with Gasteiger partial charge in [-0.1, -0.05) is 25.2 Å². The predicted octanol–water partition coefficient (Wildman–Crippen LogP) is 3.57. The van der Waals surface area contributed by atoms with Crippen LogP contribution in [0.15, 0.2) is 58.3 Å². The maximum absolute atomic E-state index is 12.9. The number of sulfonamides is 2. The summed E-state index contributed by atoms with van der Waals surface area (Å²) in [5.74, 6) is 0.0673. The Morgan fingerprint density at radius 3 is 2.17 bits per heavy atom. The van der Waals surface area contributed by atoms with Crippen LogP contribution in [0, 0.1) is 5.92 Å². The Morgan fingerprint density at radius 1 is 0.972 bits per heavy atom. The molecule has 3 aromatic rings. The van der Waals surface area contributed by atoms with Crippen molar-refractivity contribution in [3.05, 3.63) is 59.1 Å². The zero-order valence-corrected chi connectivity index (χ0v) is 22.3. The molecule has 4 rings (SSSR count). The molecular weight excluding hydrogens is 522 g/mol. The van der Waals surface area contributed by atoms with Gasteiger partial charge in [-0.15, -0.1) is 10.2 Å². The van der Waals surface area contributed by atoms with Gasteiger partial charge < -0.3 is 5.32 Å². The summed E-state index contributed by atoms with van der Waals surface area (Å²) in [5, 5.41) is 11.3. The lowest BCUT2D eigenvalue weighted by Gasteiger charge is -2.29. The molecule has 1 aromatic heterocycles. The highest BCUT2D eigenvalue weighted by atomic mass is 32.2. The molecule has 2 N–H and O–H groups in total. The van der Waals surface area contributed by atoms with Crippen LogP contribution in [0.25, 0.3) is 0 Å². The molecule has 1 aliphatic rings. The summed E-state index contributed by atoms with van der Waals surface area (Å²) >= 11 is 1.16. The van der Waals surface area contributed by atoms with Gasteiger partial charge in [0.1, 0.15) is 5.01 Å². The maximum atomic E-state index is 12.9. The van der Waals surface area contributed by atoms with E-state index in [0.717, 1.165) is 29.2 Å². The molecular formula is C23H27N5O5S3. The molecule has 1 saturated heterocycles. The van der Waals surface area contributed by atoms with Gasteiger partial charge in [0.15, 0.2) is 0 Å². The van der Waals surface area contributed by atoms with E-state index >= 15 is 0 Å². The first-order valence-electron chi connectivity index (χ1n) is 11.5. The number of nitrogens with zero attached hydrogens (tertiary/aromatic N) is 3. The zero-order chi connectivity index (χ0) is 25.9. The Bertz CT molecular complexity index is 1430. The van der Waals surface area contributed by atoms with Crippen molar-refractivity contribution >= 4 is 48.1 Å². The van der Waals surface area contributed by atoms with Gasteiger partial charge in [0, 0.05) is 24.3 Å². The van der Waals surface area contributed by atoms with Gasteiger partial charge in [0.25, 0.3) is 15.9 Å². The van der Waals surface area contributed by atoms with Crippen LogP contribution in [-0.4, -0.2) is 50.3 Å². The quantitative estimate of drug-likeness (QED) is 0.438. The van der Waals surface area contributed by atoms with Crippen molar-refractivity contribution in [3.8, 4) is 0 Å². The lowest BCUT2D eigenvalue weighted by Crippen LogP contribution is -2.37. The number of hydrogen-bond donors (Lipinski definition) is 2. The highest BCUT2D eigenvalue weighted by Gasteiger charge is 2.28. The molecule has 2 heterocycles. The van der Waals surface area contributed by atoms with E-state index in [9.17, 15) is 21.6 Å². The molecule has 0 unspecified atom stereocenters. The van der Waals surface area contributed by atoms with Gasteiger partial charge in [-0.2, -0.15) is 4.31 Å². The zero-order valence-electron chi connectivity index (χ0n) is 19.8. The fourth-order valence-electron chi connectivity index (χ4n) is 3.68. The molecule has 0 radical (unpaired) electrons. The summed E-state index contributed by atoms with van der Waals surface area (Å²) < 4.78 is 54.8. The van der Waals surface area contributed by atoms with Crippen LogP contribution >= 0.6 is 11.3 Å². The van der Waals surface area contributed by atoms with Crippen LogP contribution in [0.4, 0.5) is 10.8 Å². The lowest BCUT2D eigenvalue weighted by molar-refractivity contribution is 0.102. The highest BCUT2D eigenvalue weighted by molar-refractivity contribution is 7.93. The number of anilines is 2. The Balaban J connectivity index is 1.40. The third-order valence-corrected chi connectivity index (χ3v) is 10.3. The Labute approximate surface area is 214 Å². The van der Waals surface area contributed by atoms with Crippen LogP contribution in [0.5, 0.6) is 0 Å². The number of aromatic nitrogens is 2. The van der Waals surface area contributed by atoms with Crippen LogP contribution < -0.4 is 10.0 Å². The molecule has 10 nitrogen and oxygen atoms in total. The van der Waals surface area contributed by atoms with E-state index in [4.69, 9.17) is 0 Å². The third kappa shape index (κ3) is 5.91. The summed E-state index contributed by atoms with van der Waals surface area (Å²) in [6, 6.07) is 11.5. The summed E-state index contributed by atoms with van der Waals surface area (Å²) in [6.07, 6.45) is 2.32. The largest absolute Gasteiger partial charge is 0.322 e. The molecule has 2 aromatic carbocycles. The summed E-state index contributed by atoms with van der Waals surface area (Å²) in [4.78, 5) is 12.8. The molecule has 0 saturated carbocycles.